The number of aliphatic hydroxyl groups is 1. The topological polar surface area (TPSA) is 23.5 Å². The summed E-state index contributed by atoms with van der Waals surface area (Å²) in [6, 6.07) is 29.3. The fourth-order valence-corrected chi connectivity index (χ4v) is 3.39. The van der Waals surface area contributed by atoms with Crippen LogP contribution in [0.2, 0.25) is 0 Å². The van der Waals surface area contributed by atoms with Crippen molar-refractivity contribution in [3.63, 3.8) is 0 Å². The molecule has 0 radical (unpaired) electrons. The number of benzene rings is 3. The third-order valence-electron chi connectivity index (χ3n) is 4.50. The summed E-state index contributed by atoms with van der Waals surface area (Å²) in [5, 5.41) is 11.1. The van der Waals surface area contributed by atoms with Gasteiger partial charge in [-0.05, 0) is 35.4 Å². The molecule has 0 saturated carbocycles. The minimum absolute atomic E-state index is 0.0496. The fraction of sp³-hybridized carbons (Fsp3) is 0.182. The van der Waals surface area contributed by atoms with E-state index in [1.54, 1.807) is 4.42 Å². The van der Waals surface area contributed by atoms with E-state index < -0.39 is 6.10 Å². The van der Waals surface area contributed by atoms with Gasteiger partial charge in [-0.1, -0.05) is 91.0 Å². The molecule has 1 N–H and O–H groups in total. The van der Waals surface area contributed by atoms with Gasteiger partial charge in [0.1, 0.15) is 0 Å². The zero-order valence-electron chi connectivity index (χ0n) is 14.2. The Morgan fingerprint density at radius 3 is 1.56 bits per heavy atom. The molecule has 0 bridgehead atoms. The van der Waals surface area contributed by atoms with Crippen molar-refractivity contribution in [1.82, 2.24) is 4.42 Å². The summed E-state index contributed by atoms with van der Waals surface area (Å²) in [6.45, 7) is 2.05. The maximum Gasteiger partial charge on any atom is 0.0999 e. The lowest BCUT2D eigenvalue weighted by atomic mass is 9.94. The second-order valence-corrected chi connectivity index (χ2v) is 6.53. The summed E-state index contributed by atoms with van der Waals surface area (Å²) in [5.74, 6) is 0. The van der Waals surface area contributed by atoms with Crippen molar-refractivity contribution in [3.05, 3.63) is 108 Å². The predicted octanol–water partition coefficient (Wildman–Crippen LogP) is 5.68. The molecule has 0 fully saturated rings. The number of rotatable bonds is 6. The van der Waals surface area contributed by atoms with E-state index in [-0.39, 0.29) is 12.1 Å². The quantitative estimate of drug-likeness (QED) is 0.577. The standard InChI is InChI=1S/C22H22ClNO/c1-17(18-11-5-2-6-12-18)24(23)21(19-13-7-3-8-14-19)22(25)20-15-9-4-10-16-20/h2-17,21-22,25H,1H3/t17-,21?,22?/m0/s1. The molecule has 128 valence electrons. The minimum Gasteiger partial charge on any atom is -0.386 e. The van der Waals surface area contributed by atoms with Gasteiger partial charge in [-0.2, -0.15) is 0 Å². The molecule has 0 aliphatic heterocycles. The van der Waals surface area contributed by atoms with Crippen LogP contribution in [-0.4, -0.2) is 9.53 Å². The molecule has 25 heavy (non-hydrogen) atoms. The highest BCUT2D eigenvalue weighted by Crippen LogP contribution is 2.40. The highest BCUT2D eigenvalue weighted by molar-refractivity contribution is 6.13. The first-order valence-electron chi connectivity index (χ1n) is 8.45. The van der Waals surface area contributed by atoms with Crippen molar-refractivity contribution in [3.8, 4) is 0 Å². The van der Waals surface area contributed by atoms with Crippen LogP contribution in [0.4, 0.5) is 0 Å². The van der Waals surface area contributed by atoms with Gasteiger partial charge in [0.15, 0.2) is 0 Å². The van der Waals surface area contributed by atoms with Crippen LogP contribution in [0.1, 0.15) is 41.8 Å². The second-order valence-electron chi connectivity index (χ2n) is 6.14. The maximum atomic E-state index is 11.1. The molecule has 0 amide bonds. The zero-order chi connectivity index (χ0) is 17.6. The van der Waals surface area contributed by atoms with Gasteiger partial charge in [-0.25, -0.2) is 4.42 Å². The highest BCUT2D eigenvalue weighted by atomic mass is 35.5. The number of halogens is 1. The van der Waals surface area contributed by atoms with Gasteiger partial charge < -0.3 is 5.11 Å². The van der Waals surface area contributed by atoms with Gasteiger partial charge in [-0.3, -0.25) is 0 Å². The molecule has 3 aromatic rings. The van der Waals surface area contributed by atoms with Crippen molar-refractivity contribution >= 4 is 11.8 Å². The number of hydrogen-bond donors (Lipinski definition) is 1. The Labute approximate surface area is 154 Å². The number of aliphatic hydroxyl groups excluding tert-OH is 1. The maximum absolute atomic E-state index is 11.1. The Morgan fingerprint density at radius 1 is 0.680 bits per heavy atom. The molecule has 0 aliphatic carbocycles. The summed E-state index contributed by atoms with van der Waals surface area (Å²) in [6.07, 6.45) is -0.729. The summed E-state index contributed by atoms with van der Waals surface area (Å²) in [5.41, 5.74) is 2.94. The number of nitrogens with zero attached hydrogens (tertiary/aromatic N) is 1. The van der Waals surface area contributed by atoms with Crippen LogP contribution in [-0.2, 0) is 0 Å². The molecule has 3 atom stereocenters. The summed E-state index contributed by atoms with van der Waals surface area (Å²) < 4.78 is 1.72. The molecular weight excluding hydrogens is 330 g/mol. The first-order valence-corrected chi connectivity index (χ1v) is 8.79. The van der Waals surface area contributed by atoms with Gasteiger partial charge in [-0.15, -0.1) is 0 Å². The molecule has 0 saturated heterocycles. The third kappa shape index (κ3) is 4.10. The van der Waals surface area contributed by atoms with Gasteiger partial charge in [0.2, 0.25) is 0 Å². The van der Waals surface area contributed by atoms with E-state index in [1.807, 2.05) is 78.9 Å². The zero-order valence-corrected chi connectivity index (χ0v) is 14.9. The normalized spacial score (nSPS) is 14.9. The lowest BCUT2D eigenvalue weighted by Crippen LogP contribution is -2.28. The molecule has 0 aromatic heterocycles. The average Bonchev–Trinajstić information content (AvgIpc) is 2.69. The van der Waals surface area contributed by atoms with Crippen molar-refractivity contribution in [2.45, 2.75) is 25.1 Å². The minimum atomic E-state index is -0.729. The lowest BCUT2D eigenvalue weighted by molar-refractivity contribution is 0.0762. The molecular formula is C22H22ClNO. The largest absolute Gasteiger partial charge is 0.386 e. The van der Waals surface area contributed by atoms with Crippen LogP contribution < -0.4 is 0 Å². The van der Waals surface area contributed by atoms with E-state index in [1.165, 1.54) is 0 Å². The van der Waals surface area contributed by atoms with E-state index in [0.717, 1.165) is 16.7 Å². The molecule has 0 heterocycles. The third-order valence-corrected chi connectivity index (χ3v) is 5.00. The average molecular weight is 352 g/mol. The van der Waals surface area contributed by atoms with Crippen LogP contribution in [0.5, 0.6) is 0 Å². The van der Waals surface area contributed by atoms with Gasteiger partial charge in [0.05, 0.1) is 12.1 Å². The van der Waals surface area contributed by atoms with E-state index in [0.29, 0.717) is 0 Å². The number of hydrogen-bond acceptors (Lipinski definition) is 2. The monoisotopic (exact) mass is 351 g/mol. The summed E-state index contributed by atoms with van der Waals surface area (Å²) >= 11 is 6.78. The smallest absolute Gasteiger partial charge is 0.0999 e. The summed E-state index contributed by atoms with van der Waals surface area (Å²) in [7, 11) is 0. The van der Waals surface area contributed by atoms with E-state index >= 15 is 0 Å². The highest BCUT2D eigenvalue weighted by Gasteiger charge is 2.31. The summed E-state index contributed by atoms with van der Waals surface area (Å²) in [4.78, 5) is 0. The van der Waals surface area contributed by atoms with Crippen molar-refractivity contribution in [1.29, 1.82) is 0 Å². The van der Waals surface area contributed by atoms with Gasteiger partial charge in [0, 0.05) is 6.04 Å². The molecule has 0 spiro atoms. The van der Waals surface area contributed by atoms with E-state index in [4.69, 9.17) is 11.8 Å². The van der Waals surface area contributed by atoms with Crippen LogP contribution in [0.3, 0.4) is 0 Å². The van der Waals surface area contributed by atoms with Gasteiger partial charge in [0.25, 0.3) is 0 Å². The van der Waals surface area contributed by atoms with Crippen molar-refractivity contribution in [2.75, 3.05) is 0 Å². The molecule has 2 nitrogen and oxygen atoms in total. The fourth-order valence-electron chi connectivity index (χ4n) is 3.06. The molecule has 3 heteroatoms. The Morgan fingerprint density at radius 2 is 1.08 bits per heavy atom. The molecule has 3 rings (SSSR count). The Balaban J connectivity index is 1.96. The Bertz CT molecular complexity index is 764. The molecule has 2 unspecified atom stereocenters. The Kier molecular flexibility index (Phi) is 5.87. The Hall–Kier alpha value is -2.13. The second kappa shape index (κ2) is 8.30. The van der Waals surface area contributed by atoms with Gasteiger partial charge >= 0.3 is 0 Å². The van der Waals surface area contributed by atoms with Crippen molar-refractivity contribution < 1.29 is 5.11 Å². The van der Waals surface area contributed by atoms with Crippen LogP contribution in [0, 0.1) is 0 Å². The SMILES string of the molecule is C[C@@H](c1ccccc1)N(Cl)C(c1ccccc1)C(O)c1ccccc1. The van der Waals surface area contributed by atoms with Crippen LogP contribution in [0.25, 0.3) is 0 Å². The van der Waals surface area contributed by atoms with E-state index in [9.17, 15) is 5.11 Å². The first-order chi connectivity index (χ1) is 12.2. The van der Waals surface area contributed by atoms with Crippen LogP contribution >= 0.6 is 11.8 Å². The van der Waals surface area contributed by atoms with E-state index in [2.05, 4.69) is 19.1 Å². The predicted molar refractivity (Wildman–Crippen MR) is 103 cm³/mol. The first kappa shape index (κ1) is 17.7. The molecule has 3 aromatic carbocycles. The van der Waals surface area contributed by atoms with Crippen molar-refractivity contribution in [2.24, 2.45) is 0 Å². The molecule has 0 aliphatic rings. The lowest BCUT2D eigenvalue weighted by Gasteiger charge is -2.34. The van der Waals surface area contributed by atoms with Crippen LogP contribution in [0.15, 0.2) is 91.0 Å².